The molecule has 0 amide bonds. The van der Waals surface area contributed by atoms with Crippen molar-refractivity contribution in [2.45, 2.75) is 13.8 Å². The van der Waals surface area contributed by atoms with Gasteiger partial charge in [-0.1, -0.05) is 13.8 Å². The van der Waals surface area contributed by atoms with Gasteiger partial charge in [0.1, 0.15) is 0 Å². The second-order valence-corrected chi connectivity index (χ2v) is 2.23. The number of aliphatic carboxylic acids is 2. The van der Waals surface area contributed by atoms with Crippen LogP contribution in [0.15, 0.2) is 0 Å². The highest BCUT2D eigenvalue weighted by Gasteiger charge is 2.19. The van der Waals surface area contributed by atoms with Crippen molar-refractivity contribution >= 4 is 11.9 Å². The van der Waals surface area contributed by atoms with E-state index in [4.69, 9.17) is 5.11 Å². The summed E-state index contributed by atoms with van der Waals surface area (Å²) >= 11 is 0. The van der Waals surface area contributed by atoms with Crippen LogP contribution in [0.4, 0.5) is 0 Å². The third kappa shape index (κ3) is 2.05. The summed E-state index contributed by atoms with van der Waals surface area (Å²) in [4.78, 5) is 20.2. The molecule has 0 bridgehead atoms. The van der Waals surface area contributed by atoms with E-state index in [0.717, 1.165) is 0 Å². The van der Waals surface area contributed by atoms with Gasteiger partial charge >= 0.3 is 5.97 Å². The van der Waals surface area contributed by atoms with Crippen molar-refractivity contribution in [2.75, 3.05) is 0 Å². The summed E-state index contributed by atoms with van der Waals surface area (Å²) in [5, 5.41) is 18.4. The maximum atomic E-state index is 10.2. The Morgan fingerprint density at radius 1 is 1.30 bits per heavy atom. The zero-order valence-corrected chi connectivity index (χ0v) is 5.83. The quantitative estimate of drug-likeness (QED) is 0.557. The van der Waals surface area contributed by atoms with Crippen molar-refractivity contribution in [1.29, 1.82) is 0 Å². The number of hydrogen-bond acceptors (Lipinski definition) is 3. The molecule has 0 aromatic carbocycles. The standard InChI is InChI=1S/C6H10O4/c1-3(5(7)8)4(2)6(9)10/h3-4H,1-2H3,(H,7,8)(H,9,10)/p-1/t3-,4-/m0/s1. The zero-order chi connectivity index (χ0) is 8.31. The number of rotatable bonds is 3. The van der Waals surface area contributed by atoms with E-state index in [-0.39, 0.29) is 0 Å². The van der Waals surface area contributed by atoms with Crippen LogP contribution in [0.5, 0.6) is 0 Å². The molecule has 0 radical (unpaired) electrons. The minimum Gasteiger partial charge on any atom is -0.550 e. The zero-order valence-electron chi connectivity index (χ0n) is 5.83. The fourth-order valence-electron chi connectivity index (χ4n) is 0.418. The Bertz CT molecular complexity index is 134. The summed E-state index contributed by atoms with van der Waals surface area (Å²) in [6.07, 6.45) is 0. The van der Waals surface area contributed by atoms with Crippen molar-refractivity contribution in [1.82, 2.24) is 0 Å². The first-order valence-electron chi connectivity index (χ1n) is 2.90. The van der Waals surface area contributed by atoms with E-state index >= 15 is 0 Å². The first kappa shape index (κ1) is 8.94. The molecule has 0 aromatic rings. The molecule has 0 aliphatic carbocycles. The van der Waals surface area contributed by atoms with Crippen LogP contribution < -0.4 is 5.11 Å². The molecule has 10 heavy (non-hydrogen) atoms. The molecular formula is C6H9O4-. The van der Waals surface area contributed by atoms with Gasteiger partial charge in [-0.2, -0.15) is 0 Å². The summed E-state index contributed by atoms with van der Waals surface area (Å²) < 4.78 is 0. The van der Waals surface area contributed by atoms with E-state index in [1.165, 1.54) is 13.8 Å². The maximum absolute atomic E-state index is 10.2. The molecule has 0 rings (SSSR count). The van der Waals surface area contributed by atoms with Crippen LogP contribution in [0.3, 0.4) is 0 Å². The Hall–Kier alpha value is -1.06. The molecule has 0 spiro atoms. The van der Waals surface area contributed by atoms with Crippen LogP contribution in [-0.2, 0) is 9.59 Å². The smallest absolute Gasteiger partial charge is 0.306 e. The van der Waals surface area contributed by atoms with Crippen molar-refractivity contribution in [2.24, 2.45) is 11.8 Å². The van der Waals surface area contributed by atoms with E-state index in [0.29, 0.717) is 0 Å². The second-order valence-electron chi connectivity index (χ2n) is 2.23. The number of carbonyl (C=O) groups excluding carboxylic acids is 1. The fourth-order valence-corrected chi connectivity index (χ4v) is 0.418. The third-order valence-corrected chi connectivity index (χ3v) is 1.51. The molecule has 0 fully saturated rings. The molecule has 0 aromatic heterocycles. The third-order valence-electron chi connectivity index (χ3n) is 1.51. The van der Waals surface area contributed by atoms with Gasteiger partial charge in [0.2, 0.25) is 0 Å². The van der Waals surface area contributed by atoms with Gasteiger partial charge in [0, 0.05) is 11.9 Å². The van der Waals surface area contributed by atoms with Gasteiger partial charge in [0.05, 0.1) is 5.92 Å². The molecule has 4 nitrogen and oxygen atoms in total. The lowest BCUT2D eigenvalue weighted by Crippen LogP contribution is -2.35. The lowest BCUT2D eigenvalue weighted by molar-refractivity contribution is -0.312. The first-order valence-corrected chi connectivity index (χ1v) is 2.90. The summed E-state index contributed by atoms with van der Waals surface area (Å²) in [6.45, 7) is 2.65. The Morgan fingerprint density at radius 2 is 1.70 bits per heavy atom. The van der Waals surface area contributed by atoms with Crippen molar-refractivity contribution in [3.63, 3.8) is 0 Å². The van der Waals surface area contributed by atoms with Gasteiger partial charge in [-0.25, -0.2) is 0 Å². The monoisotopic (exact) mass is 145 g/mol. The summed E-state index contributed by atoms with van der Waals surface area (Å²) in [5.41, 5.74) is 0. The van der Waals surface area contributed by atoms with Gasteiger partial charge < -0.3 is 15.0 Å². The van der Waals surface area contributed by atoms with E-state index in [1.807, 2.05) is 0 Å². The van der Waals surface area contributed by atoms with Crippen molar-refractivity contribution in [3.8, 4) is 0 Å². The molecule has 1 N–H and O–H groups in total. The molecule has 0 unspecified atom stereocenters. The van der Waals surface area contributed by atoms with Crippen LogP contribution >= 0.6 is 0 Å². The Morgan fingerprint density at radius 3 is 1.80 bits per heavy atom. The first-order chi connectivity index (χ1) is 4.46. The van der Waals surface area contributed by atoms with Crippen molar-refractivity contribution < 1.29 is 19.8 Å². The average molecular weight is 145 g/mol. The molecule has 4 heteroatoms. The van der Waals surface area contributed by atoms with E-state index < -0.39 is 23.8 Å². The van der Waals surface area contributed by atoms with Crippen LogP contribution in [0.25, 0.3) is 0 Å². The van der Waals surface area contributed by atoms with E-state index in [1.54, 1.807) is 0 Å². The number of carbonyl (C=O) groups is 2. The summed E-state index contributed by atoms with van der Waals surface area (Å²) in [6, 6.07) is 0. The average Bonchev–Trinajstić information content (AvgIpc) is 1.84. The van der Waals surface area contributed by atoms with Crippen LogP contribution in [0.1, 0.15) is 13.8 Å². The fraction of sp³-hybridized carbons (Fsp3) is 0.667. The maximum Gasteiger partial charge on any atom is 0.306 e. The number of carboxylic acid groups (broad SMARTS) is 2. The molecule has 58 valence electrons. The number of carboxylic acids is 2. The van der Waals surface area contributed by atoms with Crippen LogP contribution in [0.2, 0.25) is 0 Å². The second kappa shape index (κ2) is 3.20. The molecule has 2 atom stereocenters. The Labute approximate surface area is 58.5 Å². The summed E-state index contributed by atoms with van der Waals surface area (Å²) in [7, 11) is 0. The van der Waals surface area contributed by atoms with E-state index in [9.17, 15) is 14.7 Å². The van der Waals surface area contributed by atoms with Gasteiger partial charge in [-0.3, -0.25) is 4.79 Å². The largest absolute Gasteiger partial charge is 0.550 e. The Kier molecular flexibility index (Phi) is 2.86. The highest BCUT2D eigenvalue weighted by molar-refractivity contribution is 5.78. The normalized spacial score (nSPS) is 15.8. The predicted octanol–water partition coefficient (Wildman–Crippen LogP) is -0.907. The Balaban J connectivity index is 4.07. The van der Waals surface area contributed by atoms with E-state index in [2.05, 4.69) is 0 Å². The van der Waals surface area contributed by atoms with Gasteiger partial charge in [0.25, 0.3) is 0 Å². The van der Waals surface area contributed by atoms with Crippen molar-refractivity contribution in [3.05, 3.63) is 0 Å². The predicted molar refractivity (Wildman–Crippen MR) is 31.0 cm³/mol. The SMILES string of the molecule is C[C@H](C(=O)[O-])[C@H](C)C(=O)O. The number of hydrogen-bond donors (Lipinski definition) is 1. The van der Waals surface area contributed by atoms with Gasteiger partial charge in [-0.05, 0) is 0 Å². The summed E-state index contributed by atoms with van der Waals surface area (Å²) in [5.74, 6) is -4.26. The lowest BCUT2D eigenvalue weighted by Gasteiger charge is -2.15. The van der Waals surface area contributed by atoms with Crippen LogP contribution in [-0.4, -0.2) is 17.0 Å². The molecular weight excluding hydrogens is 136 g/mol. The molecule has 0 saturated heterocycles. The van der Waals surface area contributed by atoms with Crippen LogP contribution in [0, 0.1) is 11.8 Å². The molecule has 0 saturated carbocycles. The minimum absolute atomic E-state index is 0.884. The molecule has 0 heterocycles. The molecule has 0 aliphatic rings. The van der Waals surface area contributed by atoms with Gasteiger partial charge in [0.15, 0.2) is 0 Å². The highest BCUT2D eigenvalue weighted by atomic mass is 16.4. The highest BCUT2D eigenvalue weighted by Crippen LogP contribution is 2.08. The minimum atomic E-state index is -1.32. The lowest BCUT2D eigenvalue weighted by atomic mass is 9.97. The molecule has 0 aliphatic heterocycles. The van der Waals surface area contributed by atoms with Gasteiger partial charge in [-0.15, -0.1) is 0 Å². The topological polar surface area (TPSA) is 77.4 Å².